The van der Waals surface area contributed by atoms with E-state index in [1.807, 2.05) is 0 Å². The molecule has 23 heavy (non-hydrogen) atoms. The molecule has 118 valence electrons. The first-order valence-electron chi connectivity index (χ1n) is 6.99. The predicted octanol–water partition coefficient (Wildman–Crippen LogP) is 3.07. The fourth-order valence-corrected chi connectivity index (χ4v) is 2.33. The molecule has 2 aromatic rings. The number of nitrogens with zero attached hydrogens (tertiary/aromatic N) is 2. The van der Waals surface area contributed by atoms with Crippen LogP contribution >= 0.6 is 0 Å². The van der Waals surface area contributed by atoms with E-state index >= 15 is 0 Å². The molecule has 0 radical (unpaired) electrons. The minimum atomic E-state index is -0.475. The van der Waals surface area contributed by atoms with Crippen molar-refractivity contribution in [3.8, 4) is 0 Å². The molecule has 0 fully saturated rings. The second-order valence-corrected chi connectivity index (χ2v) is 5.15. The summed E-state index contributed by atoms with van der Waals surface area (Å²) >= 11 is 0. The van der Waals surface area contributed by atoms with E-state index < -0.39 is 4.92 Å². The summed E-state index contributed by atoms with van der Waals surface area (Å²) in [6, 6.07) is 12.8. The highest BCUT2D eigenvalue weighted by Crippen LogP contribution is 2.20. The SMILES string of the molecule is CC(=O)c1ccccc1C(=O)N(C)Cc1ccccc1[N+](=O)[O-]. The van der Waals surface area contributed by atoms with Crippen molar-refractivity contribution in [1.29, 1.82) is 0 Å². The zero-order valence-electron chi connectivity index (χ0n) is 12.9. The third-order valence-corrected chi connectivity index (χ3v) is 3.48. The number of hydrogen-bond acceptors (Lipinski definition) is 4. The molecule has 2 rings (SSSR count). The Morgan fingerprint density at radius 2 is 1.61 bits per heavy atom. The van der Waals surface area contributed by atoms with Gasteiger partial charge in [-0.2, -0.15) is 0 Å². The highest BCUT2D eigenvalue weighted by atomic mass is 16.6. The fraction of sp³-hybridized carbons (Fsp3) is 0.176. The lowest BCUT2D eigenvalue weighted by atomic mass is 10.0. The average Bonchev–Trinajstić information content (AvgIpc) is 2.54. The number of nitro benzene ring substituents is 1. The molecule has 0 aliphatic heterocycles. The summed E-state index contributed by atoms with van der Waals surface area (Å²) in [5.41, 5.74) is 1.04. The third-order valence-electron chi connectivity index (χ3n) is 3.48. The lowest BCUT2D eigenvalue weighted by Crippen LogP contribution is -2.28. The number of rotatable bonds is 5. The van der Waals surface area contributed by atoms with Gasteiger partial charge in [-0.05, 0) is 13.0 Å². The van der Waals surface area contributed by atoms with E-state index in [9.17, 15) is 19.7 Å². The molecule has 0 heterocycles. The Kier molecular flexibility index (Phi) is 4.85. The maximum atomic E-state index is 12.6. The van der Waals surface area contributed by atoms with Crippen LogP contribution in [-0.4, -0.2) is 28.6 Å². The van der Waals surface area contributed by atoms with Crippen molar-refractivity contribution in [2.75, 3.05) is 7.05 Å². The zero-order valence-corrected chi connectivity index (χ0v) is 12.9. The summed E-state index contributed by atoms with van der Waals surface area (Å²) in [7, 11) is 1.55. The summed E-state index contributed by atoms with van der Waals surface area (Å²) < 4.78 is 0. The van der Waals surface area contributed by atoms with Crippen LogP contribution in [0.4, 0.5) is 5.69 Å². The molecule has 0 aliphatic rings. The molecule has 1 amide bonds. The molecule has 2 aromatic carbocycles. The van der Waals surface area contributed by atoms with Gasteiger partial charge in [-0.1, -0.05) is 36.4 Å². The Balaban J connectivity index is 2.29. The minimum Gasteiger partial charge on any atom is -0.337 e. The smallest absolute Gasteiger partial charge is 0.274 e. The number of amides is 1. The van der Waals surface area contributed by atoms with E-state index in [-0.39, 0.29) is 23.9 Å². The van der Waals surface area contributed by atoms with Gasteiger partial charge in [0.15, 0.2) is 5.78 Å². The normalized spacial score (nSPS) is 10.2. The number of benzene rings is 2. The van der Waals surface area contributed by atoms with E-state index in [0.717, 1.165) is 0 Å². The number of para-hydroxylation sites is 1. The van der Waals surface area contributed by atoms with Gasteiger partial charge < -0.3 is 4.90 Å². The van der Waals surface area contributed by atoms with Crippen molar-refractivity contribution in [3.05, 3.63) is 75.3 Å². The monoisotopic (exact) mass is 312 g/mol. The highest BCUT2D eigenvalue weighted by molar-refractivity contribution is 6.07. The molecule has 0 bridgehead atoms. The van der Waals surface area contributed by atoms with Gasteiger partial charge in [0.1, 0.15) is 0 Å². The van der Waals surface area contributed by atoms with Crippen molar-refractivity contribution >= 4 is 17.4 Å². The van der Waals surface area contributed by atoms with Gasteiger partial charge in [-0.15, -0.1) is 0 Å². The van der Waals surface area contributed by atoms with Crippen LogP contribution < -0.4 is 0 Å². The molecule has 0 saturated heterocycles. The van der Waals surface area contributed by atoms with Crippen LogP contribution in [0.3, 0.4) is 0 Å². The van der Waals surface area contributed by atoms with Gasteiger partial charge in [-0.3, -0.25) is 19.7 Å². The molecule has 0 saturated carbocycles. The Labute approximate surface area is 133 Å². The van der Waals surface area contributed by atoms with Crippen LogP contribution in [0.1, 0.15) is 33.2 Å². The fourth-order valence-electron chi connectivity index (χ4n) is 2.33. The van der Waals surface area contributed by atoms with Crippen LogP contribution in [0, 0.1) is 10.1 Å². The highest BCUT2D eigenvalue weighted by Gasteiger charge is 2.20. The summed E-state index contributed by atoms with van der Waals surface area (Å²) in [6.45, 7) is 1.48. The minimum absolute atomic E-state index is 0.0352. The van der Waals surface area contributed by atoms with E-state index in [0.29, 0.717) is 16.7 Å². The lowest BCUT2D eigenvalue weighted by molar-refractivity contribution is -0.385. The molecule has 0 unspecified atom stereocenters. The Morgan fingerprint density at radius 3 is 2.22 bits per heavy atom. The van der Waals surface area contributed by atoms with E-state index in [1.54, 1.807) is 49.5 Å². The van der Waals surface area contributed by atoms with Crippen molar-refractivity contribution in [3.63, 3.8) is 0 Å². The molecule has 6 heteroatoms. The van der Waals surface area contributed by atoms with Crippen molar-refractivity contribution in [1.82, 2.24) is 4.90 Å². The maximum Gasteiger partial charge on any atom is 0.274 e. The molecule has 6 nitrogen and oxygen atoms in total. The van der Waals surface area contributed by atoms with Crippen LogP contribution in [0.15, 0.2) is 48.5 Å². The molecule has 0 spiro atoms. The van der Waals surface area contributed by atoms with E-state index in [2.05, 4.69) is 0 Å². The standard InChI is InChI=1S/C17H16N2O4/c1-12(20)14-8-4-5-9-15(14)17(21)18(2)11-13-7-3-6-10-16(13)19(22)23/h3-10H,11H2,1-2H3. The van der Waals surface area contributed by atoms with Crippen molar-refractivity contribution in [2.24, 2.45) is 0 Å². The molecule has 0 aliphatic carbocycles. The molecule has 0 N–H and O–H groups in total. The Morgan fingerprint density at radius 1 is 1.04 bits per heavy atom. The van der Waals surface area contributed by atoms with Crippen LogP contribution in [0.5, 0.6) is 0 Å². The van der Waals surface area contributed by atoms with Crippen LogP contribution in [-0.2, 0) is 6.54 Å². The van der Waals surface area contributed by atoms with Gasteiger partial charge >= 0.3 is 0 Å². The first-order valence-corrected chi connectivity index (χ1v) is 6.99. The number of hydrogen-bond donors (Lipinski definition) is 0. The topological polar surface area (TPSA) is 80.5 Å². The van der Waals surface area contributed by atoms with E-state index in [4.69, 9.17) is 0 Å². The Hall–Kier alpha value is -3.02. The number of carbonyl (C=O) groups excluding carboxylic acids is 2. The van der Waals surface area contributed by atoms with Crippen LogP contribution in [0.25, 0.3) is 0 Å². The van der Waals surface area contributed by atoms with Gasteiger partial charge in [0, 0.05) is 24.2 Å². The average molecular weight is 312 g/mol. The summed E-state index contributed by atoms with van der Waals surface area (Å²) in [6.07, 6.45) is 0. The molecular weight excluding hydrogens is 296 g/mol. The van der Waals surface area contributed by atoms with Gasteiger partial charge in [0.25, 0.3) is 11.6 Å². The molecular formula is C17H16N2O4. The van der Waals surface area contributed by atoms with Gasteiger partial charge in [-0.25, -0.2) is 0 Å². The molecule has 0 aromatic heterocycles. The first kappa shape index (κ1) is 16.4. The largest absolute Gasteiger partial charge is 0.337 e. The maximum absolute atomic E-state index is 12.6. The van der Waals surface area contributed by atoms with E-state index in [1.165, 1.54) is 17.9 Å². The Bertz CT molecular complexity index is 771. The number of ketones is 1. The summed E-state index contributed by atoms with van der Waals surface area (Å²) in [5, 5.41) is 11.0. The summed E-state index contributed by atoms with van der Waals surface area (Å²) in [5.74, 6) is -0.554. The van der Waals surface area contributed by atoms with Crippen molar-refractivity contribution < 1.29 is 14.5 Å². The second-order valence-electron chi connectivity index (χ2n) is 5.15. The number of nitro groups is 1. The van der Waals surface area contributed by atoms with Gasteiger partial charge in [0.2, 0.25) is 0 Å². The second kappa shape index (κ2) is 6.83. The zero-order chi connectivity index (χ0) is 17.0. The number of carbonyl (C=O) groups is 2. The van der Waals surface area contributed by atoms with Crippen molar-refractivity contribution in [2.45, 2.75) is 13.5 Å². The van der Waals surface area contributed by atoms with Crippen LogP contribution in [0.2, 0.25) is 0 Å². The number of Topliss-reactive ketones (excluding diaryl/α,β-unsaturated/α-hetero) is 1. The molecule has 0 atom stereocenters. The quantitative estimate of drug-likeness (QED) is 0.483. The lowest BCUT2D eigenvalue weighted by Gasteiger charge is -2.18. The predicted molar refractivity (Wildman–Crippen MR) is 85.3 cm³/mol. The first-order chi connectivity index (χ1) is 10.9. The summed E-state index contributed by atoms with van der Waals surface area (Å²) in [4.78, 5) is 36.1. The third kappa shape index (κ3) is 3.60. The van der Waals surface area contributed by atoms with Gasteiger partial charge in [0.05, 0.1) is 17.0 Å².